The molecule has 0 saturated carbocycles. The highest BCUT2D eigenvalue weighted by atomic mass is 32.2. The molecule has 33 heavy (non-hydrogen) atoms. The van der Waals surface area contributed by atoms with Crippen LogP contribution in [-0.2, 0) is 32.6 Å². The maximum absolute atomic E-state index is 13.7. The molecule has 0 bridgehead atoms. The predicted molar refractivity (Wildman–Crippen MR) is 123 cm³/mol. The highest BCUT2D eigenvalue weighted by Gasteiger charge is 2.39. The lowest BCUT2D eigenvalue weighted by Gasteiger charge is -2.31. The van der Waals surface area contributed by atoms with E-state index in [1.165, 1.54) is 4.31 Å². The van der Waals surface area contributed by atoms with Crippen LogP contribution in [0.2, 0.25) is 0 Å². The number of amides is 1. The molecule has 1 aliphatic heterocycles. The van der Waals surface area contributed by atoms with Gasteiger partial charge >= 0.3 is 5.97 Å². The molecule has 0 spiro atoms. The number of esters is 1. The molecule has 3 heterocycles. The van der Waals surface area contributed by atoms with Gasteiger partial charge < -0.3 is 14.6 Å². The molecule has 1 N–H and O–H groups in total. The number of nitrogens with zero attached hydrogens (tertiary/aromatic N) is 3. The number of aromatic nitrogens is 2. The number of sulfonamides is 1. The van der Waals surface area contributed by atoms with Crippen molar-refractivity contribution in [1.82, 2.24) is 19.2 Å². The maximum atomic E-state index is 13.7. The maximum Gasteiger partial charge on any atom is 0.341 e. The van der Waals surface area contributed by atoms with Crippen LogP contribution in [0, 0.1) is 19.8 Å². The summed E-state index contributed by atoms with van der Waals surface area (Å²) in [5.41, 5.74) is 2.02. The summed E-state index contributed by atoms with van der Waals surface area (Å²) < 4.78 is 35.8. The summed E-state index contributed by atoms with van der Waals surface area (Å²) in [7, 11) is -4.01. The number of pyridine rings is 1. The van der Waals surface area contributed by atoms with E-state index in [1.807, 2.05) is 13.0 Å². The van der Waals surface area contributed by atoms with Gasteiger partial charge in [-0.1, -0.05) is 6.07 Å². The van der Waals surface area contributed by atoms with E-state index in [4.69, 9.17) is 4.74 Å². The molecular weight excluding hydrogens is 444 g/mol. The lowest BCUT2D eigenvalue weighted by atomic mass is 9.99. The van der Waals surface area contributed by atoms with E-state index in [9.17, 15) is 18.0 Å². The lowest BCUT2D eigenvalue weighted by molar-refractivity contribution is -0.126. The fourth-order valence-electron chi connectivity index (χ4n) is 4.43. The molecule has 9 nitrogen and oxygen atoms in total. The van der Waals surface area contributed by atoms with Crippen LogP contribution in [0.3, 0.4) is 0 Å². The van der Waals surface area contributed by atoms with Crippen LogP contribution in [0.5, 0.6) is 0 Å². The Kier molecular flexibility index (Phi) is 7.91. The highest BCUT2D eigenvalue weighted by Crippen LogP contribution is 2.32. The van der Waals surface area contributed by atoms with Gasteiger partial charge in [0.25, 0.3) is 0 Å². The van der Waals surface area contributed by atoms with E-state index in [-0.39, 0.29) is 29.5 Å². The third-order valence-corrected chi connectivity index (χ3v) is 8.09. The summed E-state index contributed by atoms with van der Waals surface area (Å²) in [6, 6.07) is 3.66. The monoisotopic (exact) mass is 476 g/mol. The van der Waals surface area contributed by atoms with Crippen molar-refractivity contribution in [2.45, 2.75) is 58.5 Å². The van der Waals surface area contributed by atoms with Gasteiger partial charge in [-0.3, -0.25) is 9.78 Å². The Balaban J connectivity index is 1.85. The van der Waals surface area contributed by atoms with Crippen molar-refractivity contribution in [2.75, 3.05) is 19.7 Å². The van der Waals surface area contributed by atoms with E-state index in [2.05, 4.69) is 10.3 Å². The van der Waals surface area contributed by atoms with Crippen LogP contribution < -0.4 is 5.32 Å². The van der Waals surface area contributed by atoms with Crippen molar-refractivity contribution >= 4 is 21.9 Å². The fraction of sp³-hybridized carbons (Fsp3) is 0.522. The van der Waals surface area contributed by atoms with Crippen LogP contribution >= 0.6 is 0 Å². The minimum atomic E-state index is -4.01. The van der Waals surface area contributed by atoms with E-state index in [1.54, 1.807) is 43.8 Å². The molecule has 1 amide bonds. The molecule has 1 atom stereocenters. The quantitative estimate of drug-likeness (QED) is 0.586. The van der Waals surface area contributed by atoms with Gasteiger partial charge in [0, 0.05) is 50.0 Å². The lowest BCUT2D eigenvalue weighted by Crippen LogP contribution is -2.45. The minimum Gasteiger partial charge on any atom is -0.462 e. The summed E-state index contributed by atoms with van der Waals surface area (Å²) in [6.45, 7) is 8.39. The molecule has 1 aliphatic rings. The molecule has 180 valence electrons. The Bertz CT molecular complexity index is 1110. The number of rotatable bonds is 8. The molecule has 1 fully saturated rings. The Morgan fingerprint density at radius 1 is 1.24 bits per heavy atom. The van der Waals surface area contributed by atoms with Crippen LogP contribution in [0.4, 0.5) is 0 Å². The molecular formula is C23H32N4O5S. The normalized spacial score (nSPS) is 17.0. The first-order valence-corrected chi connectivity index (χ1v) is 12.7. The number of carbonyl (C=O) groups is 2. The number of piperidine rings is 1. The average molecular weight is 477 g/mol. The first-order chi connectivity index (χ1) is 15.7. The van der Waals surface area contributed by atoms with Crippen molar-refractivity contribution < 1.29 is 22.7 Å². The standard InChI is InChI=1S/C23H32N4O5S/c1-5-27-16(3)20(23(29)32-6-2)21(17(27)4)33(30,31)26-12-8-10-19(15-26)22(28)25-14-18-9-7-11-24-13-18/h7,9,11,13,19H,5-6,8,10,12,14-15H2,1-4H3,(H,25,28)/t19-/m0/s1. The van der Waals surface area contributed by atoms with Gasteiger partial charge in [-0.15, -0.1) is 0 Å². The van der Waals surface area contributed by atoms with Crippen LogP contribution in [0.15, 0.2) is 29.4 Å². The van der Waals surface area contributed by atoms with E-state index >= 15 is 0 Å². The summed E-state index contributed by atoms with van der Waals surface area (Å²) in [5.74, 6) is -1.30. The third-order valence-electron chi connectivity index (χ3n) is 6.07. The molecule has 0 radical (unpaired) electrons. The molecule has 0 unspecified atom stereocenters. The summed E-state index contributed by atoms with van der Waals surface area (Å²) >= 11 is 0. The van der Waals surface area contributed by atoms with Gasteiger partial charge in [-0.25, -0.2) is 13.2 Å². The highest BCUT2D eigenvalue weighted by molar-refractivity contribution is 7.89. The average Bonchev–Trinajstić information content (AvgIpc) is 3.08. The second-order valence-corrected chi connectivity index (χ2v) is 10.00. The molecule has 2 aromatic heterocycles. The van der Waals surface area contributed by atoms with Gasteiger partial charge in [-0.2, -0.15) is 4.31 Å². The smallest absolute Gasteiger partial charge is 0.341 e. The van der Waals surface area contributed by atoms with Crippen molar-refractivity contribution in [3.05, 3.63) is 47.0 Å². The van der Waals surface area contributed by atoms with Crippen molar-refractivity contribution in [2.24, 2.45) is 5.92 Å². The molecule has 0 aliphatic carbocycles. The molecule has 2 aromatic rings. The van der Waals surface area contributed by atoms with E-state index < -0.39 is 21.9 Å². The number of ether oxygens (including phenoxy) is 1. The fourth-order valence-corrected chi connectivity index (χ4v) is 6.40. The third kappa shape index (κ3) is 5.11. The zero-order valence-corrected chi connectivity index (χ0v) is 20.4. The van der Waals surface area contributed by atoms with Gasteiger partial charge in [-0.05, 0) is 52.2 Å². The number of carbonyl (C=O) groups excluding carboxylic acids is 2. The first kappa shape index (κ1) is 24.9. The first-order valence-electron chi connectivity index (χ1n) is 11.3. The Hall–Kier alpha value is -2.72. The van der Waals surface area contributed by atoms with Crippen molar-refractivity contribution in [3.63, 3.8) is 0 Å². The molecule has 3 rings (SSSR count). The predicted octanol–water partition coefficient (Wildman–Crippen LogP) is 2.41. The Morgan fingerprint density at radius 3 is 2.64 bits per heavy atom. The Morgan fingerprint density at radius 2 is 2.00 bits per heavy atom. The summed E-state index contributed by atoms with van der Waals surface area (Å²) in [4.78, 5) is 29.5. The second-order valence-electron chi connectivity index (χ2n) is 8.12. The van der Waals surface area contributed by atoms with Gasteiger partial charge in [0.1, 0.15) is 10.5 Å². The van der Waals surface area contributed by atoms with Gasteiger partial charge in [0.05, 0.1) is 12.5 Å². The number of hydrogen-bond donors (Lipinski definition) is 1. The zero-order chi connectivity index (χ0) is 24.2. The number of hydrogen-bond acceptors (Lipinski definition) is 6. The van der Waals surface area contributed by atoms with E-state index in [0.29, 0.717) is 43.9 Å². The number of nitrogens with one attached hydrogen (secondary N) is 1. The van der Waals surface area contributed by atoms with Gasteiger partial charge in [0.2, 0.25) is 15.9 Å². The zero-order valence-electron chi connectivity index (χ0n) is 19.6. The molecule has 10 heteroatoms. The second kappa shape index (κ2) is 10.5. The van der Waals surface area contributed by atoms with Crippen molar-refractivity contribution in [1.29, 1.82) is 0 Å². The van der Waals surface area contributed by atoms with Crippen LogP contribution in [0.25, 0.3) is 0 Å². The molecule has 1 saturated heterocycles. The summed E-state index contributed by atoms with van der Waals surface area (Å²) in [5, 5.41) is 2.88. The van der Waals surface area contributed by atoms with Crippen LogP contribution in [-0.4, -0.2) is 53.8 Å². The summed E-state index contributed by atoms with van der Waals surface area (Å²) in [6.07, 6.45) is 4.50. The topological polar surface area (TPSA) is 111 Å². The van der Waals surface area contributed by atoms with E-state index in [0.717, 1.165) is 5.56 Å². The Labute approximate surface area is 195 Å². The van der Waals surface area contributed by atoms with Gasteiger partial charge in [0.15, 0.2) is 0 Å². The largest absolute Gasteiger partial charge is 0.462 e. The SMILES string of the molecule is CCOC(=O)c1c(S(=O)(=O)N2CCC[C@H](C(=O)NCc3cccnc3)C2)c(C)n(CC)c1C. The van der Waals surface area contributed by atoms with Crippen LogP contribution in [0.1, 0.15) is 54.0 Å². The minimum absolute atomic E-state index is 0.0169. The molecule has 0 aromatic carbocycles. The van der Waals surface area contributed by atoms with Crippen molar-refractivity contribution in [3.8, 4) is 0 Å².